The van der Waals surface area contributed by atoms with Crippen molar-refractivity contribution in [3.05, 3.63) is 68.3 Å². The molecule has 5 nitrogen and oxygen atoms in total. The molecule has 0 saturated heterocycles. The summed E-state index contributed by atoms with van der Waals surface area (Å²) in [5, 5.41) is 0.627. The lowest BCUT2D eigenvalue weighted by atomic mass is 10.3. The standard InChI is InChI=1S/C18H9N3O2S3/c22-15-13-14(16(23)21(15)10-6-2-1-3-7-10)26-18(25-13)20-17-19-11-8-4-5-9-12(11)24-17/h1-9H. The molecular formula is C18H9N3O2S3. The maximum Gasteiger partial charge on any atom is 0.277 e. The second-order valence-corrected chi connectivity index (χ2v) is 8.75. The first-order valence-electron chi connectivity index (χ1n) is 7.69. The summed E-state index contributed by atoms with van der Waals surface area (Å²) in [6.07, 6.45) is 0. The van der Waals surface area contributed by atoms with Gasteiger partial charge in [-0.25, -0.2) is 9.88 Å². The number of amides is 2. The van der Waals surface area contributed by atoms with Crippen LogP contribution in [-0.4, -0.2) is 16.8 Å². The number of anilines is 1. The number of rotatable bonds is 2. The van der Waals surface area contributed by atoms with Crippen LogP contribution in [0.15, 0.2) is 59.6 Å². The minimum absolute atomic E-state index is 0.289. The van der Waals surface area contributed by atoms with Gasteiger partial charge in [0.1, 0.15) is 9.75 Å². The summed E-state index contributed by atoms with van der Waals surface area (Å²) in [7, 11) is 0. The van der Waals surface area contributed by atoms with Gasteiger partial charge in [0.15, 0.2) is 3.98 Å². The molecule has 5 rings (SSSR count). The highest BCUT2D eigenvalue weighted by Crippen LogP contribution is 2.33. The van der Waals surface area contributed by atoms with Crippen molar-refractivity contribution in [2.24, 2.45) is 4.99 Å². The molecule has 2 aromatic heterocycles. The lowest BCUT2D eigenvalue weighted by Gasteiger charge is -2.12. The van der Waals surface area contributed by atoms with Crippen LogP contribution < -0.4 is 8.88 Å². The van der Waals surface area contributed by atoms with Crippen LogP contribution in [-0.2, 0) is 0 Å². The van der Waals surface area contributed by atoms with Gasteiger partial charge in [-0.1, -0.05) is 64.3 Å². The van der Waals surface area contributed by atoms with Crippen molar-refractivity contribution in [1.29, 1.82) is 0 Å². The third-order valence-corrected chi connectivity index (χ3v) is 7.12. The van der Waals surface area contributed by atoms with Crippen LogP contribution in [0.5, 0.6) is 0 Å². The Kier molecular flexibility index (Phi) is 3.56. The second-order valence-electron chi connectivity index (χ2n) is 5.49. The van der Waals surface area contributed by atoms with E-state index in [2.05, 4.69) is 9.98 Å². The van der Waals surface area contributed by atoms with Crippen LogP contribution in [0.25, 0.3) is 10.2 Å². The largest absolute Gasteiger partial charge is 0.277 e. The Morgan fingerprint density at radius 3 is 2.15 bits per heavy atom. The first-order valence-corrected chi connectivity index (χ1v) is 10.1. The van der Waals surface area contributed by atoms with E-state index >= 15 is 0 Å². The zero-order chi connectivity index (χ0) is 17.7. The van der Waals surface area contributed by atoms with Gasteiger partial charge in [0, 0.05) is 0 Å². The van der Waals surface area contributed by atoms with Crippen molar-refractivity contribution in [2.45, 2.75) is 0 Å². The number of carbonyl (C=O) groups is 2. The molecule has 2 aromatic carbocycles. The van der Waals surface area contributed by atoms with E-state index in [1.165, 1.54) is 38.9 Å². The van der Waals surface area contributed by atoms with Gasteiger partial charge in [0.2, 0.25) is 5.13 Å². The molecule has 0 atom stereocenters. The summed E-state index contributed by atoms with van der Waals surface area (Å²) in [6, 6.07) is 16.8. The van der Waals surface area contributed by atoms with E-state index in [0.29, 0.717) is 24.6 Å². The predicted octanol–water partition coefficient (Wildman–Crippen LogP) is 4.45. The molecule has 8 heteroatoms. The maximum absolute atomic E-state index is 12.7. The van der Waals surface area contributed by atoms with Crippen molar-refractivity contribution in [1.82, 2.24) is 4.98 Å². The highest BCUT2D eigenvalue weighted by atomic mass is 32.2. The Bertz CT molecular complexity index is 1170. The van der Waals surface area contributed by atoms with Gasteiger partial charge in [-0.05, 0) is 24.3 Å². The molecule has 0 aliphatic carbocycles. The number of hydrogen-bond acceptors (Lipinski definition) is 7. The Morgan fingerprint density at radius 1 is 0.808 bits per heavy atom. The van der Waals surface area contributed by atoms with Crippen molar-refractivity contribution >= 4 is 66.9 Å². The maximum atomic E-state index is 12.7. The lowest BCUT2D eigenvalue weighted by Crippen LogP contribution is -2.29. The molecule has 126 valence electrons. The van der Waals surface area contributed by atoms with Crippen LogP contribution in [0.4, 0.5) is 10.8 Å². The summed E-state index contributed by atoms with van der Waals surface area (Å²) in [5.74, 6) is -0.577. The molecule has 0 unspecified atom stereocenters. The summed E-state index contributed by atoms with van der Waals surface area (Å²) < 4.78 is 1.71. The van der Waals surface area contributed by atoms with Crippen molar-refractivity contribution < 1.29 is 9.59 Å². The van der Waals surface area contributed by atoms with Gasteiger partial charge in [0.25, 0.3) is 11.8 Å². The molecule has 0 radical (unpaired) electrons. The highest BCUT2D eigenvalue weighted by molar-refractivity contribution is 7.30. The van der Waals surface area contributed by atoms with Crippen LogP contribution in [0.1, 0.15) is 19.3 Å². The molecule has 3 heterocycles. The Hall–Kier alpha value is -2.68. The smallest absolute Gasteiger partial charge is 0.267 e. The molecule has 0 spiro atoms. The van der Waals surface area contributed by atoms with Gasteiger partial charge in [-0.3, -0.25) is 9.59 Å². The van der Waals surface area contributed by atoms with Crippen LogP contribution in [0.3, 0.4) is 0 Å². The van der Waals surface area contributed by atoms with Gasteiger partial charge < -0.3 is 0 Å². The number of hydrogen-bond donors (Lipinski definition) is 0. The van der Waals surface area contributed by atoms with E-state index in [1.807, 2.05) is 30.3 Å². The van der Waals surface area contributed by atoms with Crippen LogP contribution in [0, 0.1) is 0 Å². The number of aromatic nitrogens is 1. The fourth-order valence-corrected chi connectivity index (χ4v) is 5.91. The normalized spacial score (nSPS) is 13.5. The Labute approximate surface area is 159 Å². The Morgan fingerprint density at radius 2 is 1.46 bits per heavy atom. The fraction of sp³-hybridized carbons (Fsp3) is 0. The van der Waals surface area contributed by atoms with Gasteiger partial charge in [-0.2, -0.15) is 4.99 Å². The average Bonchev–Trinajstić information content (AvgIpc) is 3.31. The first kappa shape index (κ1) is 15.6. The van der Waals surface area contributed by atoms with Crippen molar-refractivity contribution in [2.75, 3.05) is 4.90 Å². The first-order chi connectivity index (χ1) is 12.7. The molecular weight excluding hydrogens is 386 g/mol. The lowest BCUT2D eigenvalue weighted by molar-refractivity contribution is 0.0928. The molecule has 4 aromatic rings. The SMILES string of the molecule is O=C1c2sc(=Nc3nc4ccccc4s3)sc2C(=O)N1c1ccccc1. The number of para-hydroxylation sites is 2. The third-order valence-electron chi connectivity index (χ3n) is 3.86. The second kappa shape index (κ2) is 5.94. The third kappa shape index (κ3) is 2.42. The average molecular weight is 395 g/mol. The fourth-order valence-electron chi connectivity index (χ4n) is 2.71. The number of imide groups is 1. The zero-order valence-corrected chi connectivity index (χ0v) is 15.5. The minimum Gasteiger partial charge on any atom is -0.267 e. The summed E-state index contributed by atoms with van der Waals surface area (Å²) >= 11 is 3.97. The molecule has 2 amide bonds. The molecule has 26 heavy (non-hydrogen) atoms. The van der Waals surface area contributed by atoms with E-state index in [4.69, 9.17) is 0 Å². The molecule has 0 bridgehead atoms. The summed E-state index contributed by atoms with van der Waals surface area (Å²) in [5.41, 5.74) is 1.48. The highest BCUT2D eigenvalue weighted by Gasteiger charge is 2.39. The minimum atomic E-state index is -0.289. The van der Waals surface area contributed by atoms with Gasteiger partial charge in [0.05, 0.1) is 15.9 Å². The molecule has 1 aliphatic heterocycles. The molecule has 0 saturated carbocycles. The van der Waals surface area contributed by atoms with Crippen molar-refractivity contribution in [3.8, 4) is 0 Å². The summed E-state index contributed by atoms with van der Waals surface area (Å²) in [4.78, 5) is 36.5. The molecule has 0 N–H and O–H groups in total. The van der Waals surface area contributed by atoms with Crippen LogP contribution >= 0.6 is 34.0 Å². The summed E-state index contributed by atoms with van der Waals surface area (Å²) in [6.45, 7) is 0. The van der Waals surface area contributed by atoms with Gasteiger partial charge in [-0.15, -0.1) is 0 Å². The molecule has 1 aliphatic rings. The van der Waals surface area contributed by atoms with E-state index < -0.39 is 0 Å². The van der Waals surface area contributed by atoms with E-state index in [1.54, 1.807) is 24.3 Å². The topological polar surface area (TPSA) is 62.6 Å². The van der Waals surface area contributed by atoms with E-state index in [9.17, 15) is 9.59 Å². The van der Waals surface area contributed by atoms with Gasteiger partial charge >= 0.3 is 0 Å². The van der Waals surface area contributed by atoms with E-state index in [-0.39, 0.29) is 11.8 Å². The number of nitrogens with zero attached hydrogens (tertiary/aromatic N) is 3. The number of carbonyl (C=O) groups excluding carboxylic acids is 2. The van der Waals surface area contributed by atoms with Crippen molar-refractivity contribution in [3.63, 3.8) is 0 Å². The molecule has 0 fully saturated rings. The van der Waals surface area contributed by atoms with E-state index in [0.717, 1.165) is 10.2 Å². The Balaban J connectivity index is 1.55. The number of benzene rings is 2. The monoisotopic (exact) mass is 395 g/mol. The number of fused-ring (bicyclic) bond motifs is 2. The number of thiazole rings is 1. The van der Waals surface area contributed by atoms with Crippen LogP contribution in [0.2, 0.25) is 0 Å². The predicted molar refractivity (Wildman–Crippen MR) is 105 cm³/mol. The zero-order valence-electron chi connectivity index (χ0n) is 13.1. The quantitative estimate of drug-likeness (QED) is 0.471.